The zero-order valence-electron chi connectivity index (χ0n) is 5.66. The van der Waals surface area contributed by atoms with Crippen molar-refractivity contribution in [3.05, 3.63) is 16.5 Å². The first-order valence-corrected chi connectivity index (χ1v) is 5.10. The molecule has 11 heavy (non-hydrogen) atoms. The fourth-order valence-corrected chi connectivity index (χ4v) is 2.76. The number of rotatable bonds is 3. The first kappa shape index (κ1) is 9.35. The minimum absolute atomic E-state index is 0.264. The number of thioether (sulfide) groups is 1. The van der Waals surface area contributed by atoms with E-state index in [-0.39, 0.29) is 6.54 Å². The molecule has 1 heterocycles. The summed E-state index contributed by atoms with van der Waals surface area (Å²) in [6.45, 7) is 0.264. The Balaban J connectivity index is 2.50. The first-order chi connectivity index (χ1) is 5.22. The quantitative estimate of drug-likeness (QED) is 0.589. The van der Waals surface area contributed by atoms with E-state index in [1.807, 2.05) is 6.07 Å². The second-order valence-electron chi connectivity index (χ2n) is 1.87. The van der Waals surface area contributed by atoms with Crippen LogP contribution in [0.4, 0.5) is 0 Å². The summed E-state index contributed by atoms with van der Waals surface area (Å²) in [6.07, 6.45) is 0. The van der Waals surface area contributed by atoms with E-state index in [9.17, 15) is 0 Å². The zero-order valence-corrected chi connectivity index (χ0v) is 8.05. The summed E-state index contributed by atoms with van der Waals surface area (Å²) in [5, 5.41) is 9.12. The van der Waals surface area contributed by atoms with Crippen molar-refractivity contribution in [3.63, 3.8) is 0 Å². The minimum Gasteiger partial charge on any atom is -0.381 e. The summed E-state index contributed by atoms with van der Waals surface area (Å²) in [5.74, 6) is 0. The fraction of sp³-hybridized carbons (Fsp3) is 0.333. The topological polar surface area (TPSA) is 46.2 Å². The van der Waals surface area contributed by atoms with E-state index in [1.165, 1.54) is 23.1 Å². The Hall–Kier alpha value is 0.260. The average Bonchev–Trinajstić information content (AvgIpc) is 2.35. The molecule has 1 aromatic rings. The van der Waals surface area contributed by atoms with Crippen LogP contribution in [0.15, 0.2) is 16.3 Å². The third-order valence-corrected chi connectivity index (χ3v) is 3.40. The number of hydrogen-bond donors (Lipinski definition) is 2. The molecule has 0 aliphatic carbocycles. The molecule has 3 N–H and O–H groups in total. The maximum Gasteiger partial charge on any atom is 0.117 e. The van der Waals surface area contributed by atoms with Crippen LogP contribution >= 0.6 is 34.7 Å². The van der Waals surface area contributed by atoms with E-state index in [4.69, 9.17) is 22.4 Å². The monoisotopic (exact) mass is 209 g/mol. The highest BCUT2D eigenvalue weighted by atomic mass is 35.5. The van der Waals surface area contributed by atoms with Crippen molar-refractivity contribution in [1.82, 2.24) is 0 Å². The van der Waals surface area contributed by atoms with Gasteiger partial charge in [-0.05, 0) is 12.1 Å². The molecule has 0 amide bonds. The molecular formula is C6H8ClNOS2. The number of aliphatic hydroxyl groups excluding tert-OH is 1. The van der Waals surface area contributed by atoms with Crippen molar-refractivity contribution in [2.45, 2.75) is 9.65 Å². The predicted molar refractivity (Wildman–Crippen MR) is 50.2 cm³/mol. The van der Waals surface area contributed by atoms with Crippen LogP contribution in [0.3, 0.4) is 0 Å². The summed E-state index contributed by atoms with van der Waals surface area (Å²) in [5.41, 5.74) is 4.70. The van der Waals surface area contributed by atoms with E-state index in [0.717, 1.165) is 8.55 Å². The number of hydrogen-bond acceptors (Lipinski definition) is 4. The predicted octanol–water partition coefficient (Wildman–Crippen LogP) is 1.77. The normalized spacial score (nSPS) is 13.4. The standard InChI is InChI=1S/C6H8ClNOS2/c7-4-1-2-6(10-4)11-5(9)3-8/h1-2,5,9H,3,8H2. The molecular weight excluding hydrogens is 202 g/mol. The summed E-state index contributed by atoms with van der Waals surface area (Å²) in [4.78, 5) is 0. The lowest BCUT2D eigenvalue weighted by Crippen LogP contribution is -2.14. The minimum atomic E-state index is -0.523. The molecule has 0 bridgehead atoms. The summed E-state index contributed by atoms with van der Waals surface area (Å²) in [6, 6.07) is 3.67. The molecule has 0 fully saturated rings. The maximum absolute atomic E-state index is 9.12. The van der Waals surface area contributed by atoms with Crippen LogP contribution in [-0.2, 0) is 0 Å². The molecule has 0 saturated carbocycles. The van der Waals surface area contributed by atoms with Gasteiger partial charge in [-0.1, -0.05) is 23.4 Å². The molecule has 0 aliphatic rings. The SMILES string of the molecule is NCC(O)Sc1ccc(Cl)s1. The van der Waals surface area contributed by atoms with Crippen molar-refractivity contribution in [2.24, 2.45) is 5.73 Å². The van der Waals surface area contributed by atoms with E-state index in [0.29, 0.717) is 0 Å². The Labute approximate surface area is 78.4 Å². The van der Waals surface area contributed by atoms with Gasteiger partial charge in [0.2, 0.25) is 0 Å². The van der Waals surface area contributed by atoms with Gasteiger partial charge in [0.1, 0.15) is 5.44 Å². The molecule has 2 nitrogen and oxygen atoms in total. The average molecular weight is 210 g/mol. The van der Waals surface area contributed by atoms with Crippen molar-refractivity contribution < 1.29 is 5.11 Å². The van der Waals surface area contributed by atoms with Crippen molar-refractivity contribution >= 4 is 34.7 Å². The molecule has 0 aliphatic heterocycles. The molecule has 0 saturated heterocycles. The lowest BCUT2D eigenvalue weighted by Gasteiger charge is -2.02. The van der Waals surface area contributed by atoms with Gasteiger partial charge >= 0.3 is 0 Å². The van der Waals surface area contributed by atoms with Gasteiger partial charge in [-0.2, -0.15) is 0 Å². The third kappa shape index (κ3) is 3.01. The van der Waals surface area contributed by atoms with Crippen LogP contribution in [0.2, 0.25) is 4.34 Å². The van der Waals surface area contributed by atoms with Crippen LogP contribution in [0.25, 0.3) is 0 Å². The van der Waals surface area contributed by atoms with Gasteiger partial charge < -0.3 is 10.8 Å². The maximum atomic E-state index is 9.12. The van der Waals surface area contributed by atoms with Crippen LogP contribution in [0.5, 0.6) is 0 Å². The molecule has 62 valence electrons. The zero-order chi connectivity index (χ0) is 8.27. The van der Waals surface area contributed by atoms with E-state index >= 15 is 0 Å². The highest BCUT2D eigenvalue weighted by Gasteiger charge is 2.05. The molecule has 5 heteroatoms. The van der Waals surface area contributed by atoms with Crippen molar-refractivity contribution in [3.8, 4) is 0 Å². The lowest BCUT2D eigenvalue weighted by molar-refractivity contribution is 0.271. The van der Waals surface area contributed by atoms with Crippen molar-refractivity contribution in [1.29, 1.82) is 0 Å². The molecule has 1 atom stereocenters. The van der Waals surface area contributed by atoms with Gasteiger partial charge in [0, 0.05) is 6.54 Å². The van der Waals surface area contributed by atoms with E-state index in [2.05, 4.69) is 0 Å². The Kier molecular flexibility index (Phi) is 3.68. The molecule has 0 spiro atoms. The Morgan fingerprint density at radius 3 is 2.91 bits per heavy atom. The number of nitrogens with two attached hydrogens (primary N) is 1. The van der Waals surface area contributed by atoms with Gasteiger partial charge in [0.05, 0.1) is 8.55 Å². The number of halogens is 1. The Bertz CT molecular complexity index is 228. The van der Waals surface area contributed by atoms with Crippen molar-refractivity contribution in [2.75, 3.05) is 6.54 Å². The van der Waals surface area contributed by atoms with Crippen LogP contribution in [-0.4, -0.2) is 17.1 Å². The number of thiophene rings is 1. The Morgan fingerprint density at radius 1 is 1.73 bits per heavy atom. The van der Waals surface area contributed by atoms with Gasteiger partial charge in [-0.15, -0.1) is 11.3 Å². The summed E-state index contributed by atoms with van der Waals surface area (Å²) >= 11 is 8.45. The first-order valence-electron chi connectivity index (χ1n) is 3.02. The second-order valence-corrected chi connectivity index (χ2v) is 5.06. The van der Waals surface area contributed by atoms with Gasteiger partial charge in [0.25, 0.3) is 0 Å². The largest absolute Gasteiger partial charge is 0.381 e. The molecule has 0 aromatic carbocycles. The lowest BCUT2D eigenvalue weighted by atomic mass is 10.7. The molecule has 1 rings (SSSR count). The van der Waals surface area contributed by atoms with Crippen LogP contribution in [0, 0.1) is 0 Å². The second kappa shape index (κ2) is 4.33. The van der Waals surface area contributed by atoms with Gasteiger partial charge in [-0.25, -0.2) is 0 Å². The molecule has 0 radical (unpaired) electrons. The van der Waals surface area contributed by atoms with Crippen LogP contribution in [0.1, 0.15) is 0 Å². The molecule has 1 aromatic heterocycles. The van der Waals surface area contributed by atoms with Gasteiger partial charge in [-0.3, -0.25) is 0 Å². The summed E-state index contributed by atoms with van der Waals surface area (Å²) in [7, 11) is 0. The number of aliphatic hydroxyl groups is 1. The third-order valence-electron chi connectivity index (χ3n) is 1.00. The summed E-state index contributed by atoms with van der Waals surface area (Å²) < 4.78 is 1.73. The smallest absolute Gasteiger partial charge is 0.117 e. The molecule has 1 unspecified atom stereocenters. The fourth-order valence-electron chi connectivity index (χ4n) is 0.543. The highest BCUT2D eigenvalue weighted by molar-refractivity contribution is 8.01. The van der Waals surface area contributed by atoms with Crippen LogP contribution < -0.4 is 5.73 Å². The van der Waals surface area contributed by atoms with Gasteiger partial charge in [0.15, 0.2) is 0 Å². The van der Waals surface area contributed by atoms with E-state index in [1.54, 1.807) is 6.07 Å². The highest BCUT2D eigenvalue weighted by Crippen LogP contribution is 2.31. The van der Waals surface area contributed by atoms with E-state index < -0.39 is 5.44 Å². The Morgan fingerprint density at radius 2 is 2.45 bits per heavy atom.